The smallest absolute Gasteiger partial charge is 0.273 e. The molecule has 0 spiro atoms. The molecule has 20 heavy (non-hydrogen) atoms. The largest absolute Gasteiger partial charge is 0.385 e. The molecule has 110 valence electrons. The van der Waals surface area contributed by atoms with Gasteiger partial charge in [0.2, 0.25) is 0 Å². The second-order valence-electron chi connectivity index (χ2n) is 5.49. The number of non-ortho nitro benzene ring substituents is 1. The normalized spacial score (nSPS) is 20.5. The predicted molar refractivity (Wildman–Crippen MR) is 82.3 cm³/mol. The predicted octanol–water partition coefficient (Wildman–Crippen LogP) is 4.02. The van der Waals surface area contributed by atoms with E-state index in [2.05, 4.69) is 24.5 Å². The summed E-state index contributed by atoms with van der Waals surface area (Å²) in [5.74, 6) is 0.728. The molecule has 1 saturated carbocycles. The third-order valence-corrected chi connectivity index (χ3v) is 3.64. The molecule has 2 atom stereocenters. The molecule has 1 aliphatic rings. The van der Waals surface area contributed by atoms with Gasteiger partial charge in [-0.3, -0.25) is 10.1 Å². The van der Waals surface area contributed by atoms with Gasteiger partial charge < -0.3 is 10.6 Å². The molecule has 2 rings (SSSR count). The number of hydrogen-bond acceptors (Lipinski definition) is 4. The van der Waals surface area contributed by atoms with E-state index in [0.29, 0.717) is 6.04 Å². The topological polar surface area (TPSA) is 67.2 Å². The molecule has 0 amide bonds. The monoisotopic (exact) mass is 277 g/mol. The third-order valence-electron chi connectivity index (χ3n) is 3.64. The van der Waals surface area contributed by atoms with Crippen molar-refractivity contribution in [3.05, 3.63) is 28.3 Å². The van der Waals surface area contributed by atoms with Crippen molar-refractivity contribution in [3.63, 3.8) is 0 Å². The van der Waals surface area contributed by atoms with Crippen molar-refractivity contribution in [2.45, 2.75) is 45.6 Å². The molecule has 0 aliphatic heterocycles. The van der Waals surface area contributed by atoms with Crippen LogP contribution in [0.4, 0.5) is 17.1 Å². The van der Waals surface area contributed by atoms with Crippen molar-refractivity contribution in [3.8, 4) is 0 Å². The fourth-order valence-electron chi connectivity index (χ4n) is 2.50. The highest BCUT2D eigenvalue weighted by Gasteiger charge is 2.36. The SMILES string of the molecule is CCCNc1cc(NC2CC2CCC)cc([N+](=O)[O-])c1. The highest BCUT2D eigenvalue weighted by molar-refractivity contribution is 5.64. The van der Waals surface area contributed by atoms with E-state index in [1.165, 1.54) is 19.3 Å². The average Bonchev–Trinajstić information content (AvgIpc) is 3.14. The molecule has 0 radical (unpaired) electrons. The summed E-state index contributed by atoms with van der Waals surface area (Å²) >= 11 is 0. The van der Waals surface area contributed by atoms with E-state index >= 15 is 0 Å². The van der Waals surface area contributed by atoms with Gasteiger partial charge in [0.15, 0.2) is 0 Å². The lowest BCUT2D eigenvalue weighted by atomic mass is 10.2. The van der Waals surface area contributed by atoms with Gasteiger partial charge >= 0.3 is 0 Å². The minimum absolute atomic E-state index is 0.140. The number of nitro benzene ring substituents is 1. The molecule has 2 unspecified atom stereocenters. The summed E-state index contributed by atoms with van der Waals surface area (Å²) in [4.78, 5) is 10.7. The lowest BCUT2D eigenvalue weighted by Crippen LogP contribution is -2.07. The van der Waals surface area contributed by atoms with Crippen LogP contribution < -0.4 is 10.6 Å². The zero-order chi connectivity index (χ0) is 14.5. The number of nitrogens with one attached hydrogen (secondary N) is 2. The van der Waals surface area contributed by atoms with Gasteiger partial charge in [0.05, 0.1) is 4.92 Å². The lowest BCUT2D eigenvalue weighted by Gasteiger charge is -2.10. The van der Waals surface area contributed by atoms with Crippen LogP contribution >= 0.6 is 0 Å². The van der Waals surface area contributed by atoms with Crippen LogP contribution in [0.25, 0.3) is 0 Å². The second kappa shape index (κ2) is 6.59. The fraction of sp³-hybridized carbons (Fsp3) is 0.600. The Kier molecular flexibility index (Phi) is 4.82. The number of benzene rings is 1. The van der Waals surface area contributed by atoms with E-state index in [9.17, 15) is 10.1 Å². The van der Waals surface area contributed by atoms with Crippen molar-refractivity contribution < 1.29 is 4.92 Å². The van der Waals surface area contributed by atoms with Crippen LogP contribution in [0, 0.1) is 16.0 Å². The summed E-state index contributed by atoms with van der Waals surface area (Å²) < 4.78 is 0. The van der Waals surface area contributed by atoms with Crippen molar-refractivity contribution in [2.24, 2.45) is 5.92 Å². The van der Waals surface area contributed by atoms with Crippen LogP contribution in [0.2, 0.25) is 0 Å². The lowest BCUT2D eigenvalue weighted by molar-refractivity contribution is -0.384. The standard InChI is InChI=1S/C15H23N3O2/c1-3-5-11-7-15(11)17-13-8-12(16-6-4-2)9-14(10-13)18(19)20/h8-11,15-17H,3-7H2,1-2H3. The highest BCUT2D eigenvalue weighted by Crippen LogP contribution is 2.38. The molecule has 0 bridgehead atoms. The number of nitrogens with zero attached hydrogens (tertiary/aromatic N) is 1. The van der Waals surface area contributed by atoms with Crippen LogP contribution in [-0.2, 0) is 0 Å². The van der Waals surface area contributed by atoms with Crippen molar-refractivity contribution in [1.29, 1.82) is 0 Å². The Morgan fingerprint density at radius 3 is 2.65 bits per heavy atom. The molecule has 5 nitrogen and oxygen atoms in total. The summed E-state index contributed by atoms with van der Waals surface area (Å²) in [6, 6.07) is 5.66. The zero-order valence-electron chi connectivity index (χ0n) is 12.2. The summed E-state index contributed by atoms with van der Waals surface area (Å²) in [6.07, 6.45) is 4.59. The van der Waals surface area contributed by atoms with Crippen molar-refractivity contribution in [1.82, 2.24) is 0 Å². The first-order valence-electron chi connectivity index (χ1n) is 7.44. The summed E-state index contributed by atoms with van der Waals surface area (Å²) in [7, 11) is 0. The van der Waals surface area contributed by atoms with Crippen LogP contribution in [0.3, 0.4) is 0 Å². The average molecular weight is 277 g/mol. The van der Waals surface area contributed by atoms with Gasteiger partial charge in [0.1, 0.15) is 0 Å². The Bertz CT molecular complexity index is 476. The molecular formula is C15H23N3O2. The van der Waals surface area contributed by atoms with Gasteiger partial charge in [-0.25, -0.2) is 0 Å². The van der Waals surface area contributed by atoms with Gasteiger partial charge in [0, 0.05) is 36.1 Å². The van der Waals surface area contributed by atoms with Gasteiger partial charge in [0.25, 0.3) is 5.69 Å². The first-order chi connectivity index (χ1) is 9.63. The van der Waals surface area contributed by atoms with Gasteiger partial charge in [-0.1, -0.05) is 20.3 Å². The van der Waals surface area contributed by atoms with E-state index in [4.69, 9.17) is 0 Å². The molecule has 1 aliphatic carbocycles. The summed E-state index contributed by atoms with van der Waals surface area (Å²) in [6.45, 7) is 5.08. The van der Waals surface area contributed by atoms with Gasteiger partial charge in [-0.15, -0.1) is 0 Å². The van der Waals surface area contributed by atoms with Gasteiger partial charge in [-0.05, 0) is 31.2 Å². The zero-order valence-corrected chi connectivity index (χ0v) is 12.2. The minimum Gasteiger partial charge on any atom is -0.385 e. The Hall–Kier alpha value is -1.78. The summed E-state index contributed by atoms with van der Waals surface area (Å²) in [5.41, 5.74) is 1.80. The molecule has 2 N–H and O–H groups in total. The maximum atomic E-state index is 11.0. The van der Waals surface area contributed by atoms with E-state index in [0.717, 1.165) is 30.3 Å². The Labute approximate surface area is 119 Å². The van der Waals surface area contributed by atoms with E-state index in [1.807, 2.05) is 6.07 Å². The molecule has 1 aromatic rings. The van der Waals surface area contributed by atoms with Gasteiger partial charge in [-0.2, -0.15) is 0 Å². The van der Waals surface area contributed by atoms with Crippen LogP contribution in [0.5, 0.6) is 0 Å². The quantitative estimate of drug-likeness (QED) is 0.556. The Morgan fingerprint density at radius 2 is 2.00 bits per heavy atom. The first-order valence-corrected chi connectivity index (χ1v) is 7.44. The second-order valence-corrected chi connectivity index (χ2v) is 5.49. The number of nitro groups is 1. The number of anilines is 2. The van der Waals surface area contributed by atoms with Crippen LogP contribution in [0.15, 0.2) is 18.2 Å². The van der Waals surface area contributed by atoms with Crippen LogP contribution in [-0.4, -0.2) is 17.5 Å². The third kappa shape index (κ3) is 3.85. The van der Waals surface area contributed by atoms with Crippen LogP contribution in [0.1, 0.15) is 39.5 Å². The first kappa shape index (κ1) is 14.6. The molecular weight excluding hydrogens is 254 g/mol. The highest BCUT2D eigenvalue weighted by atomic mass is 16.6. The number of rotatable bonds is 8. The fourth-order valence-corrected chi connectivity index (χ4v) is 2.50. The molecule has 0 heterocycles. The molecule has 0 aromatic heterocycles. The van der Waals surface area contributed by atoms with E-state index in [-0.39, 0.29) is 10.6 Å². The molecule has 0 saturated heterocycles. The molecule has 1 fully saturated rings. The Balaban J connectivity index is 2.07. The number of hydrogen-bond donors (Lipinski definition) is 2. The van der Waals surface area contributed by atoms with Crippen molar-refractivity contribution in [2.75, 3.05) is 17.2 Å². The maximum absolute atomic E-state index is 11.0. The van der Waals surface area contributed by atoms with E-state index in [1.54, 1.807) is 12.1 Å². The Morgan fingerprint density at radius 1 is 1.25 bits per heavy atom. The molecule has 1 aromatic carbocycles. The molecule has 5 heteroatoms. The maximum Gasteiger partial charge on any atom is 0.273 e. The van der Waals surface area contributed by atoms with Crippen molar-refractivity contribution >= 4 is 17.1 Å². The minimum atomic E-state index is -0.335. The van der Waals surface area contributed by atoms with E-state index < -0.39 is 0 Å². The summed E-state index contributed by atoms with van der Waals surface area (Å²) in [5, 5.41) is 17.6.